The number of ether oxygens (including phenoxy) is 1. The molecule has 0 N–H and O–H groups in total. The molecule has 0 bridgehead atoms. The van der Waals surface area contributed by atoms with Gasteiger partial charge in [-0.25, -0.2) is 0 Å². The second-order valence-corrected chi connectivity index (χ2v) is 4.26. The second-order valence-electron chi connectivity index (χ2n) is 4.26. The van der Waals surface area contributed by atoms with E-state index in [-0.39, 0.29) is 11.9 Å². The molecular weight excluding hydrogens is 206 g/mol. The molecule has 0 aromatic carbocycles. The van der Waals surface area contributed by atoms with Crippen LogP contribution in [0.2, 0.25) is 0 Å². The van der Waals surface area contributed by atoms with Crippen molar-refractivity contribution in [2.75, 3.05) is 20.2 Å². The van der Waals surface area contributed by atoms with Crippen LogP contribution in [0.3, 0.4) is 0 Å². The highest BCUT2D eigenvalue weighted by Crippen LogP contribution is 2.20. The van der Waals surface area contributed by atoms with Crippen molar-refractivity contribution in [3.05, 3.63) is 23.7 Å². The molecule has 0 saturated carbocycles. The van der Waals surface area contributed by atoms with Crippen molar-refractivity contribution in [2.45, 2.75) is 19.9 Å². The van der Waals surface area contributed by atoms with Crippen LogP contribution in [0.1, 0.15) is 17.9 Å². The van der Waals surface area contributed by atoms with Gasteiger partial charge in [0.2, 0.25) is 0 Å². The maximum atomic E-state index is 11.3. The van der Waals surface area contributed by atoms with Crippen molar-refractivity contribution < 1.29 is 13.9 Å². The summed E-state index contributed by atoms with van der Waals surface area (Å²) in [5.41, 5.74) is 0. The summed E-state index contributed by atoms with van der Waals surface area (Å²) in [6, 6.07) is 3.95. The van der Waals surface area contributed by atoms with Crippen LogP contribution in [-0.2, 0) is 16.1 Å². The summed E-state index contributed by atoms with van der Waals surface area (Å²) in [6.45, 7) is 4.41. The van der Waals surface area contributed by atoms with Crippen molar-refractivity contribution in [3.8, 4) is 0 Å². The zero-order valence-electron chi connectivity index (χ0n) is 9.73. The van der Waals surface area contributed by atoms with Gasteiger partial charge in [0.25, 0.3) is 0 Å². The van der Waals surface area contributed by atoms with Crippen LogP contribution in [0, 0.1) is 12.8 Å². The molecule has 1 aliphatic rings. The van der Waals surface area contributed by atoms with Gasteiger partial charge in [-0.1, -0.05) is 0 Å². The molecule has 1 aromatic rings. The SMILES string of the molecule is COC(=O)C1CCN(Cc2ccc(C)o2)C1. The molecule has 1 unspecified atom stereocenters. The number of methoxy groups -OCH3 is 1. The molecule has 0 radical (unpaired) electrons. The lowest BCUT2D eigenvalue weighted by Gasteiger charge is -2.13. The first kappa shape index (κ1) is 11.2. The predicted molar refractivity (Wildman–Crippen MR) is 58.8 cm³/mol. The molecule has 1 fully saturated rings. The van der Waals surface area contributed by atoms with Gasteiger partial charge in [-0.2, -0.15) is 0 Å². The number of aryl methyl sites for hydroxylation is 1. The third-order valence-corrected chi connectivity index (χ3v) is 2.98. The van der Waals surface area contributed by atoms with E-state index >= 15 is 0 Å². The van der Waals surface area contributed by atoms with Crippen LogP contribution in [0.5, 0.6) is 0 Å². The number of rotatable bonds is 3. The zero-order valence-corrected chi connectivity index (χ0v) is 9.73. The summed E-state index contributed by atoms with van der Waals surface area (Å²) in [5.74, 6) is 1.82. The number of carbonyl (C=O) groups is 1. The van der Waals surface area contributed by atoms with E-state index in [0.29, 0.717) is 0 Å². The number of hydrogen-bond acceptors (Lipinski definition) is 4. The van der Waals surface area contributed by atoms with E-state index in [0.717, 1.165) is 37.6 Å². The van der Waals surface area contributed by atoms with Gasteiger partial charge in [0.15, 0.2) is 0 Å². The second kappa shape index (κ2) is 4.70. The molecule has 2 rings (SSSR count). The minimum atomic E-state index is -0.0990. The number of esters is 1. The van der Waals surface area contributed by atoms with E-state index < -0.39 is 0 Å². The monoisotopic (exact) mass is 223 g/mol. The molecule has 88 valence electrons. The highest BCUT2D eigenvalue weighted by molar-refractivity contribution is 5.72. The fraction of sp³-hybridized carbons (Fsp3) is 0.583. The number of furan rings is 1. The molecule has 1 aliphatic heterocycles. The molecule has 2 heterocycles. The van der Waals surface area contributed by atoms with Crippen molar-refractivity contribution in [2.24, 2.45) is 5.92 Å². The van der Waals surface area contributed by atoms with E-state index in [1.165, 1.54) is 7.11 Å². The lowest BCUT2D eigenvalue weighted by molar-refractivity contribution is -0.144. The molecule has 16 heavy (non-hydrogen) atoms. The van der Waals surface area contributed by atoms with E-state index in [4.69, 9.17) is 9.15 Å². The Kier molecular flexibility index (Phi) is 3.29. The molecule has 4 nitrogen and oxygen atoms in total. The number of nitrogens with zero attached hydrogens (tertiary/aromatic N) is 1. The van der Waals surface area contributed by atoms with Crippen molar-refractivity contribution >= 4 is 5.97 Å². The maximum Gasteiger partial charge on any atom is 0.310 e. The Hall–Kier alpha value is -1.29. The third-order valence-electron chi connectivity index (χ3n) is 2.98. The largest absolute Gasteiger partial charge is 0.469 e. The average molecular weight is 223 g/mol. The molecule has 1 aromatic heterocycles. The Morgan fingerprint density at radius 3 is 3.06 bits per heavy atom. The van der Waals surface area contributed by atoms with Gasteiger partial charge in [-0.3, -0.25) is 9.69 Å². The lowest BCUT2D eigenvalue weighted by Crippen LogP contribution is -2.23. The van der Waals surface area contributed by atoms with Gasteiger partial charge in [0, 0.05) is 6.54 Å². The first-order valence-electron chi connectivity index (χ1n) is 5.54. The van der Waals surface area contributed by atoms with Gasteiger partial charge in [-0.15, -0.1) is 0 Å². The van der Waals surface area contributed by atoms with Crippen molar-refractivity contribution in [3.63, 3.8) is 0 Å². The Labute approximate surface area is 95.2 Å². The van der Waals surface area contributed by atoms with Crippen LogP contribution in [-0.4, -0.2) is 31.1 Å². The first-order valence-corrected chi connectivity index (χ1v) is 5.54. The quantitative estimate of drug-likeness (QED) is 0.730. The topological polar surface area (TPSA) is 42.7 Å². The van der Waals surface area contributed by atoms with Crippen LogP contribution in [0.4, 0.5) is 0 Å². The minimum absolute atomic E-state index is 0.0288. The fourth-order valence-electron chi connectivity index (χ4n) is 2.13. The van der Waals surface area contributed by atoms with Gasteiger partial charge >= 0.3 is 5.97 Å². The minimum Gasteiger partial charge on any atom is -0.469 e. The molecule has 0 amide bonds. The highest BCUT2D eigenvalue weighted by Gasteiger charge is 2.29. The standard InChI is InChI=1S/C12H17NO3/c1-9-3-4-11(16-9)8-13-6-5-10(7-13)12(14)15-2/h3-4,10H,5-8H2,1-2H3. The summed E-state index contributed by atoms with van der Waals surface area (Å²) in [4.78, 5) is 13.6. The Morgan fingerprint density at radius 2 is 2.44 bits per heavy atom. The molecule has 1 atom stereocenters. The van der Waals surface area contributed by atoms with E-state index in [1.807, 2.05) is 19.1 Å². The van der Waals surface area contributed by atoms with Crippen LogP contribution in [0.25, 0.3) is 0 Å². The molecule has 4 heteroatoms. The van der Waals surface area contributed by atoms with Crippen LogP contribution < -0.4 is 0 Å². The highest BCUT2D eigenvalue weighted by atomic mass is 16.5. The molecular formula is C12H17NO3. The van der Waals surface area contributed by atoms with E-state index in [9.17, 15) is 4.79 Å². The molecule has 0 aliphatic carbocycles. The number of likely N-dealkylation sites (tertiary alicyclic amines) is 1. The normalized spacial score (nSPS) is 21.2. The zero-order chi connectivity index (χ0) is 11.5. The average Bonchev–Trinajstić information content (AvgIpc) is 2.87. The summed E-state index contributed by atoms with van der Waals surface area (Å²) >= 11 is 0. The van der Waals surface area contributed by atoms with Crippen LogP contribution in [0.15, 0.2) is 16.5 Å². The van der Waals surface area contributed by atoms with E-state index in [1.54, 1.807) is 0 Å². The van der Waals surface area contributed by atoms with Crippen molar-refractivity contribution in [1.29, 1.82) is 0 Å². The number of hydrogen-bond donors (Lipinski definition) is 0. The Morgan fingerprint density at radius 1 is 1.62 bits per heavy atom. The van der Waals surface area contributed by atoms with Gasteiger partial charge < -0.3 is 9.15 Å². The molecule has 0 spiro atoms. The predicted octanol–water partition coefficient (Wildman–Crippen LogP) is 1.58. The Balaban J connectivity index is 1.87. The maximum absolute atomic E-state index is 11.3. The summed E-state index contributed by atoms with van der Waals surface area (Å²) in [7, 11) is 1.45. The van der Waals surface area contributed by atoms with Gasteiger partial charge in [0.1, 0.15) is 11.5 Å². The van der Waals surface area contributed by atoms with Crippen molar-refractivity contribution in [1.82, 2.24) is 4.90 Å². The molecule has 1 saturated heterocycles. The smallest absolute Gasteiger partial charge is 0.310 e. The Bertz CT molecular complexity index is 372. The van der Waals surface area contributed by atoms with Gasteiger partial charge in [0.05, 0.1) is 19.6 Å². The first-order chi connectivity index (χ1) is 7.69. The summed E-state index contributed by atoms with van der Waals surface area (Å²) < 4.78 is 10.3. The fourth-order valence-corrected chi connectivity index (χ4v) is 2.13. The number of carbonyl (C=O) groups excluding carboxylic acids is 1. The van der Waals surface area contributed by atoms with E-state index in [2.05, 4.69) is 4.90 Å². The summed E-state index contributed by atoms with van der Waals surface area (Å²) in [5, 5.41) is 0. The third kappa shape index (κ3) is 2.44. The summed E-state index contributed by atoms with van der Waals surface area (Å²) in [6.07, 6.45) is 0.881. The van der Waals surface area contributed by atoms with Crippen LogP contribution >= 0.6 is 0 Å². The van der Waals surface area contributed by atoms with Gasteiger partial charge in [-0.05, 0) is 32.0 Å². The lowest BCUT2D eigenvalue weighted by atomic mass is 10.1.